The molecule has 2 fully saturated rings. The van der Waals surface area contributed by atoms with Crippen molar-refractivity contribution in [1.29, 1.82) is 0 Å². The molecular weight excluding hydrogens is 903 g/mol. The van der Waals surface area contributed by atoms with Crippen LogP contribution in [0.3, 0.4) is 0 Å². The van der Waals surface area contributed by atoms with E-state index in [1.165, 1.54) is 16.7 Å². The summed E-state index contributed by atoms with van der Waals surface area (Å²) in [6, 6.07) is 15.0. The molecule has 0 amide bonds. The van der Waals surface area contributed by atoms with Crippen molar-refractivity contribution in [2.75, 3.05) is 0 Å². The van der Waals surface area contributed by atoms with E-state index >= 15 is 0 Å². The molecule has 5 aromatic rings. The van der Waals surface area contributed by atoms with E-state index in [0.29, 0.717) is 47.8 Å². The summed E-state index contributed by atoms with van der Waals surface area (Å²) >= 11 is 11.3. The van der Waals surface area contributed by atoms with Crippen molar-refractivity contribution in [2.24, 2.45) is 0 Å². The molecular formula is C31H23ClF2I3N2O3-. The van der Waals surface area contributed by atoms with E-state index in [9.17, 15) is 23.2 Å². The fourth-order valence-corrected chi connectivity index (χ4v) is 5.21. The first-order valence-corrected chi connectivity index (χ1v) is 26.0. The van der Waals surface area contributed by atoms with Crippen molar-refractivity contribution >= 4 is 76.7 Å². The van der Waals surface area contributed by atoms with Gasteiger partial charge in [-0.3, -0.25) is 19.0 Å². The summed E-state index contributed by atoms with van der Waals surface area (Å²) in [5, 5.41) is 1.72. The SMILES string of the molecule is I[I-]I.O=Cc1c(Cl)cccc1-n1ccc2cc(C3CC3)cc(F)c2c1=O.O=c1[nH]ccc2cc(C3CC3)cc(F)c12. The Hall–Kier alpha value is -1.91. The molecule has 0 aliphatic heterocycles. The van der Waals surface area contributed by atoms with Gasteiger partial charge in [-0.15, -0.1) is 0 Å². The van der Waals surface area contributed by atoms with Crippen LogP contribution in [0.5, 0.6) is 0 Å². The summed E-state index contributed by atoms with van der Waals surface area (Å²) in [5.74, 6) is -0.0243. The van der Waals surface area contributed by atoms with Crippen molar-refractivity contribution in [3.05, 3.63) is 121 Å². The van der Waals surface area contributed by atoms with E-state index in [2.05, 4.69) is 42.2 Å². The minimum absolute atomic E-state index is 0.0266. The largest absolute Gasteiger partial charge is 0.328 e. The molecule has 2 aliphatic rings. The number of hydrogen-bond donors (Lipinski definition) is 1. The van der Waals surface area contributed by atoms with Crippen LogP contribution >= 0.6 is 48.8 Å². The van der Waals surface area contributed by atoms with E-state index in [1.54, 1.807) is 42.7 Å². The third kappa shape index (κ3) is 6.91. The second-order valence-corrected chi connectivity index (χ2v) is 26.8. The van der Waals surface area contributed by atoms with Crippen LogP contribution < -0.4 is 24.4 Å². The number of carbonyl (C=O) groups excluding carboxylic acids is 1. The molecule has 3 aromatic carbocycles. The van der Waals surface area contributed by atoms with E-state index < -0.39 is 17.2 Å². The second-order valence-electron chi connectivity index (χ2n) is 10.1. The molecule has 0 unspecified atom stereocenters. The monoisotopic (exact) mass is 925 g/mol. The van der Waals surface area contributed by atoms with Crippen molar-refractivity contribution in [3.8, 4) is 5.69 Å². The Bertz CT molecular complexity index is 1920. The summed E-state index contributed by atoms with van der Waals surface area (Å²) < 4.78 is 29.5. The van der Waals surface area contributed by atoms with Gasteiger partial charge in [-0.25, -0.2) is 8.78 Å². The molecule has 7 rings (SSSR count). The zero-order valence-electron chi connectivity index (χ0n) is 21.9. The molecule has 0 saturated heterocycles. The predicted octanol–water partition coefficient (Wildman–Crippen LogP) is 5.79. The molecule has 2 saturated carbocycles. The summed E-state index contributed by atoms with van der Waals surface area (Å²) in [4.78, 5) is 38.0. The van der Waals surface area contributed by atoms with Gasteiger partial charge in [0.25, 0.3) is 11.1 Å². The number of halogens is 6. The Morgan fingerprint density at radius 3 is 2.02 bits per heavy atom. The topological polar surface area (TPSA) is 71.9 Å². The maximum absolute atomic E-state index is 14.5. The Labute approximate surface area is 274 Å². The van der Waals surface area contributed by atoms with Gasteiger partial charge in [0.1, 0.15) is 11.6 Å². The molecule has 2 aliphatic carbocycles. The van der Waals surface area contributed by atoms with Crippen LogP contribution in [0.1, 0.15) is 59.0 Å². The molecule has 2 heterocycles. The number of aromatic amines is 1. The number of nitrogens with one attached hydrogen (secondary N) is 1. The first-order chi connectivity index (χ1) is 20.3. The van der Waals surface area contributed by atoms with Gasteiger partial charge in [-0.05, 0) is 95.8 Å². The van der Waals surface area contributed by atoms with Crippen LogP contribution in [-0.2, 0) is 0 Å². The average Bonchev–Trinajstić information content (AvgIpc) is 3.87. The van der Waals surface area contributed by atoms with Gasteiger partial charge in [-0.1, -0.05) is 29.8 Å². The number of pyridine rings is 2. The minimum Gasteiger partial charge on any atom is -0.328 e. The van der Waals surface area contributed by atoms with Crippen LogP contribution in [0, 0.1) is 11.6 Å². The van der Waals surface area contributed by atoms with Gasteiger partial charge in [0.15, 0.2) is 6.29 Å². The Kier molecular flexibility index (Phi) is 10.4. The number of nitrogens with zero attached hydrogens (tertiary/aromatic N) is 1. The first-order valence-electron chi connectivity index (χ1n) is 13.0. The third-order valence-electron chi connectivity index (χ3n) is 7.33. The Balaban J connectivity index is 0.000000167. The van der Waals surface area contributed by atoms with E-state index in [1.807, 2.05) is 12.1 Å². The predicted molar refractivity (Wildman–Crippen MR) is 176 cm³/mol. The number of hydrogen-bond acceptors (Lipinski definition) is 3. The van der Waals surface area contributed by atoms with E-state index in [4.69, 9.17) is 11.6 Å². The van der Waals surface area contributed by atoms with Gasteiger partial charge in [-0.2, -0.15) is 0 Å². The number of aldehydes is 1. The molecule has 2 aromatic heterocycles. The number of H-pyrrole nitrogens is 1. The fourth-order valence-electron chi connectivity index (χ4n) is 5.00. The average molecular weight is 926 g/mol. The van der Waals surface area contributed by atoms with Crippen molar-refractivity contribution < 1.29 is 26.8 Å². The number of carbonyl (C=O) groups is 1. The minimum atomic E-state index is -0.525. The molecule has 5 nitrogen and oxygen atoms in total. The van der Waals surface area contributed by atoms with Gasteiger partial charge < -0.3 is 4.98 Å². The molecule has 0 bridgehead atoms. The summed E-state index contributed by atoms with van der Waals surface area (Å²) in [6.07, 6.45) is 8.10. The summed E-state index contributed by atoms with van der Waals surface area (Å²) in [7, 11) is 0. The fraction of sp³-hybridized carbons (Fsp3) is 0.194. The summed E-state index contributed by atoms with van der Waals surface area (Å²) in [5.41, 5.74) is 1.65. The van der Waals surface area contributed by atoms with Crippen LogP contribution in [0.25, 0.3) is 27.2 Å². The zero-order chi connectivity index (χ0) is 30.0. The van der Waals surface area contributed by atoms with Gasteiger partial charge in [0, 0.05) is 12.4 Å². The molecule has 218 valence electrons. The third-order valence-corrected chi connectivity index (χ3v) is 7.66. The van der Waals surface area contributed by atoms with Gasteiger partial charge in [0.2, 0.25) is 0 Å². The van der Waals surface area contributed by atoms with Crippen molar-refractivity contribution in [3.63, 3.8) is 0 Å². The summed E-state index contributed by atoms with van der Waals surface area (Å²) in [6.45, 7) is 0. The molecule has 0 atom stereocenters. The number of rotatable bonds is 4. The molecule has 11 heteroatoms. The van der Waals surface area contributed by atoms with Crippen LogP contribution in [0.4, 0.5) is 8.78 Å². The zero-order valence-corrected chi connectivity index (χ0v) is 29.1. The first kappa shape index (κ1) is 31.5. The van der Waals surface area contributed by atoms with Crippen LogP contribution in [0.15, 0.2) is 76.6 Å². The normalized spacial score (nSPS) is 14.2. The number of fused-ring (bicyclic) bond motifs is 2. The molecule has 0 radical (unpaired) electrons. The standard InChI is InChI=1S/C19H13ClFNO2.C12H10FNO.I3/c20-15-2-1-3-17(14(15)10-23)22-7-6-12-8-13(11-4-5-11)9-16(21)18(12)19(22)24;13-10-6-9(7-1-2-7)5-8-3-4-14-12(15)11(8)10;1-3-2/h1-3,6-11H,4-5H2;3-7H,1-2H2,(H,14,15);/q;;-1. The number of benzene rings is 3. The van der Waals surface area contributed by atoms with Crippen molar-refractivity contribution in [1.82, 2.24) is 9.55 Å². The van der Waals surface area contributed by atoms with E-state index in [0.717, 1.165) is 36.8 Å². The Morgan fingerprint density at radius 2 is 1.45 bits per heavy atom. The van der Waals surface area contributed by atoms with E-state index in [-0.39, 0.29) is 26.9 Å². The quantitative estimate of drug-likeness (QED) is 0.184. The smallest absolute Gasteiger partial charge is 0.265 e. The maximum Gasteiger partial charge on any atom is 0.265 e. The number of aromatic nitrogens is 2. The maximum atomic E-state index is 14.5. The van der Waals surface area contributed by atoms with Crippen LogP contribution in [-0.4, -0.2) is 15.8 Å². The molecule has 0 spiro atoms. The Morgan fingerprint density at radius 1 is 0.881 bits per heavy atom. The van der Waals surface area contributed by atoms with Crippen molar-refractivity contribution in [2.45, 2.75) is 37.5 Å². The molecule has 1 N–H and O–H groups in total. The van der Waals surface area contributed by atoms with Gasteiger partial charge >= 0.3 is 50.5 Å². The van der Waals surface area contributed by atoms with Gasteiger partial charge in [0.05, 0.1) is 27.0 Å². The molecule has 42 heavy (non-hydrogen) atoms. The van der Waals surface area contributed by atoms with Crippen LogP contribution in [0.2, 0.25) is 5.02 Å². The second kappa shape index (κ2) is 13.8.